The number of aliphatic hydroxyl groups excluding tert-OH is 1. The number of hydrogen-bond acceptors (Lipinski definition) is 7. The Balaban J connectivity index is 1.97. The Kier molecular flexibility index (Phi) is 6.61. The second kappa shape index (κ2) is 9.34. The Labute approximate surface area is 173 Å². The average Bonchev–Trinajstić information content (AvgIpc) is 3.00. The van der Waals surface area contributed by atoms with Crippen molar-refractivity contribution in [3.8, 4) is 11.5 Å². The van der Waals surface area contributed by atoms with Crippen LogP contribution in [0.3, 0.4) is 0 Å². The fraction of sp³-hybridized carbons (Fsp3) is 0.182. The molecule has 6 nitrogen and oxygen atoms in total. The molecule has 1 aliphatic heterocycles. The standard InChI is InChI=1S/C22H21NO5S/c1-3-27-17-11-7-15(8-12-17)23-21-19(22(26)28-4-2)20(25)18(29-21)13-14-5-9-16(24)10-6-14/h5-13,24-25H,3-4H2,1-2H3/b18-13+,23-21?. The lowest BCUT2D eigenvalue weighted by Gasteiger charge is -2.05. The summed E-state index contributed by atoms with van der Waals surface area (Å²) in [5.41, 5.74) is 1.43. The maximum absolute atomic E-state index is 12.4. The van der Waals surface area contributed by atoms with Gasteiger partial charge < -0.3 is 19.7 Å². The van der Waals surface area contributed by atoms with Gasteiger partial charge in [0.1, 0.15) is 27.9 Å². The molecule has 0 aromatic heterocycles. The second-order valence-corrected chi connectivity index (χ2v) is 7.02. The molecule has 7 heteroatoms. The van der Waals surface area contributed by atoms with Crippen LogP contribution in [0.25, 0.3) is 6.08 Å². The molecule has 0 bridgehead atoms. The van der Waals surface area contributed by atoms with Gasteiger partial charge in [0.05, 0.1) is 23.8 Å². The van der Waals surface area contributed by atoms with E-state index in [1.807, 2.05) is 6.92 Å². The summed E-state index contributed by atoms with van der Waals surface area (Å²) in [6.07, 6.45) is 1.72. The predicted octanol–water partition coefficient (Wildman–Crippen LogP) is 4.98. The van der Waals surface area contributed by atoms with Gasteiger partial charge in [0.2, 0.25) is 0 Å². The van der Waals surface area contributed by atoms with Crippen LogP contribution in [-0.2, 0) is 9.53 Å². The number of rotatable bonds is 6. The van der Waals surface area contributed by atoms with Gasteiger partial charge in [-0.2, -0.15) is 0 Å². The molecule has 1 aliphatic rings. The highest BCUT2D eigenvalue weighted by Crippen LogP contribution is 2.40. The molecule has 2 N–H and O–H groups in total. The van der Waals surface area contributed by atoms with Crippen LogP contribution >= 0.6 is 11.8 Å². The van der Waals surface area contributed by atoms with Gasteiger partial charge >= 0.3 is 5.97 Å². The van der Waals surface area contributed by atoms with Crippen LogP contribution in [0, 0.1) is 0 Å². The Hall–Kier alpha value is -3.19. The molecule has 0 aliphatic carbocycles. The monoisotopic (exact) mass is 411 g/mol. The lowest BCUT2D eigenvalue weighted by Crippen LogP contribution is -2.12. The van der Waals surface area contributed by atoms with Crippen molar-refractivity contribution in [2.24, 2.45) is 4.99 Å². The van der Waals surface area contributed by atoms with Crippen molar-refractivity contribution in [1.29, 1.82) is 0 Å². The van der Waals surface area contributed by atoms with E-state index in [1.54, 1.807) is 61.5 Å². The maximum atomic E-state index is 12.4. The molecular weight excluding hydrogens is 390 g/mol. The Morgan fingerprint density at radius 3 is 2.34 bits per heavy atom. The van der Waals surface area contributed by atoms with Gasteiger partial charge in [0.15, 0.2) is 0 Å². The highest BCUT2D eigenvalue weighted by Gasteiger charge is 2.33. The van der Waals surface area contributed by atoms with Crippen molar-refractivity contribution in [3.05, 3.63) is 70.3 Å². The molecule has 0 saturated carbocycles. The van der Waals surface area contributed by atoms with Gasteiger partial charge in [-0.05, 0) is 61.9 Å². The molecule has 3 rings (SSSR count). The third-order valence-electron chi connectivity index (χ3n) is 3.94. The summed E-state index contributed by atoms with van der Waals surface area (Å²) in [6.45, 7) is 4.37. The summed E-state index contributed by atoms with van der Waals surface area (Å²) in [4.78, 5) is 17.4. The summed E-state index contributed by atoms with van der Waals surface area (Å²) in [5.74, 6) is 0.0749. The minimum Gasteiger partial charge on any atom is -0.508 e. The van der Waals surface area contributed by atoms with E-state index < -0.39 is 5.97 Å². The number of carbonyl (C=O) groups excluding carboxylic acids is 1. The molecule has 1 heterocycles. The van der Waals surface area contributed by atoms with Crippen molar-refractivity contribution in [2.45, 2.75) is 13.8 Å². The van der Waals surface area contributed by atoms with E-state index in [1.165, 1.54) is 11.8 Å². The van der Waals surface area contributed by atoms with Crippen LogP contribution in [0.5, 0.6) is 11.5 Å². The topological polar surface area (TPSA) is 88.4 Å². The van der Waals surface area contributed by atoms with E-state index in [2.05, 4.69) is 4.99 Å². The van der Waals surface area contributed by atoms with E-state index in [0.29, 0.717) is 22.2 Å². The van der Waals surface area contributed by atoms with Gasteiger partial charge in [0, 0.05) is 0 Å². The van der Waals surface area contributed by atoms with E-state index in [4.69, 9.17) is 9.47 Å². The van der Waals surface area contributed by atoms with Gasteiger partial charge in [-0.1, -0.05) is 23.9 Å². The van der Waals surface area contributed by atoms with Crippen LogP contribution in [0.4, 0.5) is 5.69 Å². The Bertz CT molecular complexity index is 975. The Morgan fingerprint density at radius 2 is 1.72 bits per heavy atom. The fourth-order valence-corrected chi connectivity index (χ4v) is 3.65. The van der Waals surface area contributed by atoms with Crippen LogP contribution in [-0.4, -0.2) is 34.4 Å². The number of benzene rings is 2. The number of aliphatic imine (C=N–C) groups is 1. The molecule has 2 aromatic rings. The van der Waals surface area contributed by atoms with E-state index in [0.717, 1.165) is 11.3 Å². The number of thioether (sulfide) groups is 1. The van der Waals surface area contributed by atoms with Crippen molar-refractivity contribution < 1.29 is 24.5 Å². The number of phenols is 1. The summed E-state index contributed by atoms with van der Waals surface area (Å²) in [7, 11) is 0. The summed E-state index contributed by atoms with van der Waals surface area (Å²) in [6, 6.07) is 13.7. The number of hydrogen-bond donors (Lipinski definition) is 2. The first-order valence-corrected chi connectivity index (χ1v) is 9.94. The summed E-state index contributed by atoms with van der Waals surface area (Å²) >= 11 is 1.18. The van der Waals surface area contributed by atoms with Gasteiger partial charge in [-0.3, -0.25) is 0 Å². The number of carbonyl (C=O) groups is 1. The van der Waals surface area contributed by atoms with Crippen LogP contribution in [0.15, 0.2) is 69.8 Å². The molecule has 0 atom stereocenters. The Morgan fingerprint density at radius 1 is 1.03 bits per heavy atom. The summed E-state index contributed by atoms with van der Waals surface area (Å²) in [5, 5.41) is 20.4. The minimum atomic E-state index is -0.628. The zero-order valence-corrected chi connectivity index (χ0v) is 16.9. The zero-order chi connectivity index (χ0) is 20.8. The van der Waals surface area contributed by atoms with Crippen molar-refractivity contribution in [2.75, 3.05) is 13.2 Å². The molecule has 29 heavy (non-hydrogen) atoms. The highest BCUT2D eigenvalue weighted by atomic mass is 32.2. The molecule has 0 radical (unpaired) electrons. The van der Waals surface area contributed by atoms with Crippen LogP contribution in [0.1, 0.15) is 19.4 Å². The molecule has 0 saturated heterocycles. The van der Waals surface area contributed by atoms with E-state index in [-0.39, 0.29) is 23.7 Å². The number of phenolic OH excluding ortho intramolecular Hbond substituents is 1. The average molecular weight is 411 g/mol. The number of esters is 1. The molecule has 150 valence electrons. The van der Waals surface area contributed by atoms with Gasteiger partial charge in [0.25, 0.3) is 0 Å². The molecule has 0 fully saturated rings. The van der Waals surface area contributed by atoms with E-state index in [9.17, 15) is 15.0 Å². The number of aromatic hydroxyl groups is 1. The smallest absolute Gasteiger partial charge is 0.344 e. The first-order valence-electron chi connectivity index (χ1n) is 9.13. The lowest BCUT2D eigenvalue weighted by molar-refractivity contribution is -0.138. The van der Waals surface area contributed by atoms with Gasteiger partial charge in [-0.15, -0.1) is 0 Å². The number of aliphatic hydroxyl groups is 1. The first-order chi connectivity index (χ1) is 14.0. The number of nitrogens with zero attached hydrogens (tertiary/aromatic N) is 1. The minimum absolute atomic E-state index is 0.0377. The summed E-state index contributed by atoms with van der Waals surface area (Å²) < 4.78 is 10.5. The second-order valence-electron chi connectivity index (χ2n) is 5.99. The van der Waals surface area contributed by atoms with Crippen LogP contribution in [0.2, 0.25) is 0 Å². The highest BCUT2D eigenvalue weighted by molar-refractivity contribution is 8.18. The van der Waals surface area contributed by atoms with Crippen molar-refractivity contribution in [1.82, 2.24) is 0 Å². The maximum Gasteiger partial charge on any atom is 0.344 e. The third kappa shape index (κ3) is 5.00. The van der Waals surface area contributed by atoms with E-state index >= 15 is 0 Å². The van der Waals surface area contributed by atoms with Crippen LogP contribution < -0.4 is 4.74 Å². The predicted molar refractivity (Wildman–Crippen MR) is 115 cm³/mol. The normalized spacial score (nSPS) is 16.5. The SMILES string of the molecule is CCOC(=O)C1=C(O)/C(=C\c2ccc(O)cc2)SC1=Nc1ccc(OCC)cc1. The molecule has 0 amide bonds. The largest absolute Gasteiger partial charge is 0.508 e. The number of ether oxygens (including phenoxy) is 2. The zero-order valence-electron chi connectivity index (χ0n) is 16.1. The third-order valence-corrected chi connectivity index (χ3v) is 4.96. The molecule has 0 unspecified atom stereocenters. The molecular formula is C22H21NO5S. The lowest BCUT2D eigenvalue weighted by atomic mass is 10.1. The molecule has 0 spiro atoms. The quantitative estimate of drug-likeness (QED) is 0.652. The van der Waals surface area contributed by atoms with Crippen molar-refractivity contribution >= 4 is 34.5 Å². The molecule has 2 aromatic carbocycles. The van der Waals surface area contributed by atoms with Gasteiger partial charge in [-0.25, -0.2) is 9.79 Å². The fourth-order valence-electron chi connectivity index (χ4n) is 2.61. The first kappa shape index (κ1) is 20.5. The van der Waals surface area contributed by atoms with Crippen molar-refractivity contribution in [3.63, 3.8) is 0 Å².